The zero-order valence-electron chi connectivity index (χ0n) is 20.4. The topological polar surface area (TPSA) is 205 Å². The van der Waals surface area contributed by atoms with Crippen LogP contribution in [0.3, 0.4) is 0 Å². The van der Waals surface area contributed by atoms with Crippen LogP contribution < -0.4 is 27.4 Å². The third-order valence-corrected chi connectivity index (χ3v) is 5.99. The number of thiol groups is 1. The van der Waals surface area contributed by atoms with Crippen molar-refractivity contribution < 1.29 is 24.3 Å². The fourth-order valence-electron chi connectivity index (χ4n) is 3.55. The second-order valence-corrected chi connectivity index (χ2v) is 8.93. The summed E-state index contributed by atoms with van der Waals surface area (Å²) in [6.45, 7) is 0.411. The largest absolute Gasteiger partial charge is 0.480 e. The van der Waals surface area contributed by atoms with Crippen LogP contribution in [0, 0.1) is 0 Å². The van der Waals surface area contributed by atoms with Crippen molar-refractivity contribution in [3.63, 3.8) is 0 Å². The molecule has 202 valence electrons. The number of imidazole rings is 1. The monoisotopic (exact) mass is 533 g/mol. The van der Waals surface area contributed by atoms with Gasteiger partial charge in [0, 0.05) is 24.1 Å². The van der Waals surface area contributed by atoms with Crippen molar-refractivity contribution in [3.8, 4) is 0 Å². The van der Waals surface area contributed by atoms with Crippen LogP contribution in [0.4, 0.5) is 0 Å². The first-order valence-corrected chi connectivity index (χ1v) is 12.6. The Kier molecular flexibility index (Phi) is 12.6. The van der Waals surface area contributed by atoms with E-state index in [9.17, 15) is 24.3 Å². The lowest BCUT2D eigenvalue weighted by Crippen LogP contribution is -2.58. The number of carboxylic acid groups (broad SMARTS) is 1. The van der Waals surface area contributed by atoms with Crippen molar-refractivity contribution in [1.82, 2.24) is 25.9 Å². The molecule has 1 aromatic carbocycles. The molecule has 4 atom stereocenters. The highest BCUT2D eigenvalue weighted by Crippen LogP contribution is 2.06. The Labute approximate surface area is 220 Å². The molecule has 0 aliphatic rings. The number of nitrogens with two attached hydrogens (primary N) is 2. The van der Waals surface area contributed by atoms with E-state index in [-0.39, 0.29) is 25.0 Å². The summed E-state index contributed by atoms with van der Waals surface area (Å²) in [4.78, 5) is 57.0. The van der Waals surface area contributed by atoms with Gasteiger partial charge >= 0.3 is 5.97 Å². The van der Waals surface area contributed by atoms with Crippen molar-refractivity contribution in [1.29, 1.82) is 0 Å². The number of benzene rings is 1. The number of carbonyl (C=O) groups excluding carboxylic acids is 3. The number of carbonyl (C=O) groups is 4. The molecule has 4 unspecified atom stereocenters. The number of hydrogen-bond donors (Lipinski definition) is 8. The Morgan fingerprint density at radius 2 is 1.59 bits per heavy atom. The van der Waals surface area contributed by atoms with Gasteiger partial charge in [-0.25, -0.2) is 9.78 Å². The molecular weight excluding hydrogens is 498 g/mol. The van der Waals surface area contributed by atoms with Crippen LogP contribution in [0.5, 0.6) is 0 Å². The molecule has 0 spiro atoms. The maximum atomic E-state index is 13.1. The number of unbranched alkanes of at least 4 members (excludes halogenated alkanes) is 1. The van der Waals surface area contributed by atoms with Gasteiger partial charge in [0.25, 0.3) is 0 Å². The summed E-state index contributed by atoms with van der Waals surface area (Å²) in [5.74, 6) is -3.17. The first-order chi connectivity index (χ1) is 17.7. The minimum absolute atomic E-state index is 0.0629. The van der Waals surface area contributed by atoms with Gasteiger partial charge in [-0.1, -0.05) is 30.3 Å². The number of aromatic nitrogens is 2. The summed E-state index contributed by atoms with van der Waals surface area (Å²) in [7, 11) is 0. The van der Waals surface area contributed by atoms with E-state index in [0.717, 1.165) is 5.56 Å². The van der Waals surface area contributed by atoms with Gasteiger partial charge in [-0.15, -0.1) is 0 Å². The summed E-state index contributed by atoms with van der Waals surface area (Å²) in [6.07, 6.45) is 4.62. The van der Waals surface area contributed by atoms with E-state index in [2.05, 4.69) is 38.5 Å². The third-order valence-electron chi connectivity index (χ3n) is 5.62. The van der Waals surface area contributed by atoms with Crippen LogP contribution in [-0.4, -0.2) is 75.2 Å². The summed E-state index contributed by atoms with van der Waals surface area (Å²) >= 11 is 4.14. The number of nitrogens with zero attached hydrogens (tertiary/aromatic N) is 1. The van der Waals surface area contributed by atoms with Crippen LogP contribution in [0.25, 0.3) is 0 Å². The van der Waals surface area contributed by atoms with Gasteiger partial charge in [0.1, 0.15) is 18.1 Å². The zero-order valence-corrected chi connectivity index (χ0v) is 21.3. The summed E-state index contributed by atoms with van der Waals surface area (Å²) in [6, 6.07) is 4.97. The van der Waals surface area contributed by atoms with Gasteiger partial charge in [-0.3, -0.25) is 14.4 Å². The average Bonchev–Trinajstić information content (AvgIpc) is 3.39. The van der Waals surface area contributed by atoms with Gasteiger partial charge in [0.2, 0.25) is 17.7 Å². The number of aliphatic carboxylic acids is 1. The molecule has 13 heteroatoms. The van der Waals surface area contributed by atoms with Crippen molar-refractivity contribution in [3.05, 3.63) is 54.1 Å². The quantitative estimate of drug-likeness (QED) is 0.100. The average molecular weight is 534 g/mol. The maximum absolute atomic E-state index is 13.1. The molecule has 1 aromatic heterocycles. The van der Waals surface area contributed by atoms with Crippen molar-refractivity contribution in [2.75, 3.05) is 12.3 Å². The highest BCUT2D eigenvalue weighted by atomic mass is 32.1. The Morgan fingerprint density at radius 1 is 0.946 bits per heavy atom. The highest BCUT2D eigenvalue weighted by Gasteiger charge is 2.30. The second kappa shape index (κ2) is 15.6. The van der Waals surface area contributed by atoms with Crippen molar-refractivity contribution >= 4 is 36.3 Å². The molecule has 1 heterocycles. The first kappa shape index (κ1) is 29.8. The molecule has 0 aliphatic heterocycles. The number of nitrogens with one attached hydrogen (secondary N) is 4. The van der Waals surface area contributed by atoms with E-state index in [1.165, 1.54) is 12.5 Å². The van der Waals surface area contributed by atoms with E-state index in [0.29, 0.717) is 25.1 Å². The van der Waals surface area contributed by atoms with Crippen LogP contribution in [0.1, 0.15) is 30.5 Å². The number of hydrogen-bond acceptors (Lipinski definition) is 8. The molecule has 0 aliphatic carbocycles. The van der Waals surface area contributed by atoms with Gasteiger partial charge in [-0.2, -0.15) is 12.6 Å². The van der Waals surface area contributed by atoms with Crippen molar-refractivity contribution in [2.24, 2.45) is 11.5 Å². The second-order valence-electron chi connectivity index (χ2n) is 8.57. The number of amides is 3. The molecule has 0 saturated carbocycles. The van der Waals surface area contributed by atoms with Gasteiger partial charge < -0.3 is 37.5 Å². The predicted octanol–water partition coefficient (Wildman–Crippen LogP) is -0.880. The Balaban J connectivity index is 2.07. The number of aromatic amines is 1. The third kappa shape index (κ3) is 10.2. The van der Waals surface area contributed by atoms with Crippen LogP contribution in [-0.2, 0) is 32.0 Å². The minimum Gasteiger partial charge on any atom is -0.480 e. The van der Waals surface area contributed by atoms with Gasteiger partial charge in [0.15, 0.2) is 0 Å². The summed E-state index contributed by atoms with van der Waals surface area (Å²) in [5, 5.41) is 17.1. The SMILES string of the molecule is NCCCCC(NC(=O)C(CS)NC(=O)C(Cc1cnc[nH]1)NC(=O)C(N)Cc1ccccc1)C(=O)O. The smallest absolute Gasteiger partial charge is 0.326 e. The van der Waals surface area contributed by atoms with Gasteiger partial charge in [0.05, 0.1) is 12.4 Å². The lowest BCUT2D eigenvalue weighted by atomic mass is 10.0. The van der Waals surface area contributed by atoms with Crippen LogP contribution >= 0.6 is 12.6 Å². The molecule has 12 nitrogen and oxygen atoms in total. The molecule has 2 rings (SSSR count). The van der Waals surface area contributed by atoms with Crippen LogP contribution in [0.15, 0.2) is 42.9 Å². The number of carboxylic acids is 1. The van der Waals surface area contributed by atoms with E-state index in [1.54, 1.807) is 0 Å². The van der Waals surface area contributed by atoms with Crippen LogP contribution in [0.2, 0.25) is 0 Å². The Bertz CT molecular complexity index is 1010. The fraction of sp³-hybridized carbons (Fsp3) is 0.458. The molecule has 0 fully saturated rings. The van der Waals surface area contributed by atoms with Crippen molar-refractivity contribution in [2.45, 2.75) is 56.3 Å². The molecule has 0 radical (unpaired) electrons. The zero-order chi connectivity index (χ0) is 27.2. The van der Waals surface area contributed by atoms with E-state index in [4.69, 9.17) is 11.5 Å². The Hall–Kier alpha value is -3.42. The molecule has 9 N–H and O–H groups in total. The fourth-order valence-corrected chi connectivity index (χ4v) is 3.81. The summed E-state index contributed by atoms with van der Waals surface area (Å²) in [5.41, 5.74) is 13.0. The molecule has 3 amide bonds. The van der Waals surface area contributed by atoms with E-state index >= 15 is 0 Å². The predicted molar refractivity (Wildman–Crippen MR) is 141 cm³/mol. The number of rotatable bonds is 16. The molecule has 0 bridgehead atoms. The lowest BCUT2D eigenvalue weighted by Gasteiger charge is -2.24. The molecule has 2 aromatic rings. The first-order valence-electron chi connectivity index (χ1n) is 12.0. The number of H-pyrrole nitrogens is 1. The van der Waals surface area contributed by atoms with E-state index < -0.39 is 47.9 Å². The Morgan fingerprint density at radius 3 is 2.19 bits per heavy atom. The maximum Gasteiger partial charge on any atom is 0.326 e. The molecule has 0 saturated heterocycles. The molecular formula is C24H35N7O5S. The van der Waals surface area contributed by atoms with Gasteiger partial charge in [-0.05, 0) is 37.8 Å². The lowest BCUT2D eigenvalue weighted by molar-refractivity contribution is -0.142. The normalized spacial score (nSPS) is 14.1. The highest BCUT2D eigenvalue weighted by molar-refractivity contribution is 7.80. The summed E-state index contributed by atoms with van der Waals surface area (Å²) < 4.78 is 0. The standard InChI is InChI=1S/C24H35N7O5S/c25-9-5-4-8-18(24(35)36)29-23(34)20(13-37)31-22(33)19(11-16-12-27-14-28-16)30-21(32)17(26)10-15-6-2-1-3-7-15/h1-3,6-7,12,14,17-20,37H,4-5,8-11,13,25-26H2,(H,27,28)(H,29,34)(H,30,32)(H,31,33)(H,35,36). The minimum atomic E-state index is -1.19. The molecule has 37 heavy (non-hydrogen) atoms. The van der Waals surface area contributed by atoms with E-state index in [1.807, 2.05) is 30.3 Å².